The number of rotatable bonds is 9. The van der Waals surface area contributed by atoms with Crippen molar-refractivity contribution in [2.24, 2.45) is 4.99 Å². The van der Waals surface area contributed by atoms with Gasteiger partial charge in [0.05, 0.1) is 5.56 Å². The molecule has 10 heteroatoms. The predicted molar refractivity (Wildman–Crippen MR) is 120 cm³/mol. The van der Waals surface area contributed by atoms with Gasteiger partial charge in [-0.05, 0) is 30.5 Å². The lowest BCUT2D eigenvalue weighted by atomic mass is 10.1. The zero-order valence-corrected chi connectivity index (χ0v) is 18.5. The number of hydrogen-bond acceptors (Lipinski definition) is 7. The lowest BCUT2D eigenvalue weighted by Gasteiger charge is -2.13. The van der Waals surface area contributed by atoms with Gasteiger partial charge in [0, 0.05) is 32.4 Å². The second-order valence-electron chi connectivity index (χ2n) is 7.76. The summed E-state index contributed by atoms with van der Waals surface area (Å²) < 4.78 is 8.12. The van der Waals surface area contributed by atoms with E-state index < -0.39 is 0 Å². The monoisotopic (exact) mass is 457 g/mol. The summed E-state index contributed by atoms with van der Waals surface area (Å²) in [6, 6.07) is 6.81. The Labute approximate surface area is 189 Å². The Kier molecular flexibility index (Phi) is 6.55. The molecule has 3 heterocycles. The number of nitrogens with zero attached hydrogens (tertiary/aromatic N) is 5. The van der Waals surface area contributed by atoms with Gasteiger partial charge in [-0.3, -0.25) is 13.9 Å². The third-order valence-electron chi connectivity index (χ3n) is 5.36. The molecular formula is C22H24ClN5O4. The lowest BCUT2D eigenvalue weighted by Crippen LogP contribution is -2.41. The predicted octanol–water partition coefficient (Wildman–Crippen LogP) is 2.95. The van der Waals surface area contributed by atoms with Crippen LogP contribution in [-0.4, -0.2) is 29.6 Å². The molecule has 1 aliphatic heterocycles. The van der Waals surface area contributed by atoms with Crippen LogP contribution in [0.5, 0.6) is 5.75 Å². The number of aryl methyl sites for hydroxylation is 1. The van der Waals surface area contributed by atoms with Crippen molar-refractivity contribution in [1.29, 1.82) is 0 Å². The van der Waals surface area contributed by atoms with Gasteiger partial charge in [-0.25, -0.2) is 9.79 Å². The quantitative estimate of drug-likeness (QED) is 0.528. The third-order valence-corrected chi connectivity index (χ3v) is 5.58. The van der Waals surface area contributed by atoms with Crippen molar-refractivity contribution in [2.45, 2.75) is 58.5 Å². The Morgan fingerprint density at radius 3 is 2.62 bits per heavy atom. The van der Waals surface area contributed by atoms with Gasteiger partial charge in [0.15, 0.2) is 5.82 Å². The maximum atomic E-state index is 13.0. The average molecular weight is 458 g/mol. The van der Waals surface area contributed by atoms with E-state index in [4.69, 9.17) is 16.1 Å². The number of fused-ring (bicyclic) bond motifs is 1. The largest absolute Gasteiger partial charge is 0.508 e. The highest BCUT2D eigenvalue weighted by Gasteiger charge is 2.24. The first-order valence-corrected chi connectivity index (χ1v) is 11.0. The highest BCUT2D eigenvalue weighted by atomic mass is 35.5. The van der Waals surface area contributed by atoms with Crippen molar-refractivity contribution in [2.75, 3.05) is 0 Å². The molecule has 1 aromatic carbocycles. The fraction of sp³-hybridized carbons (Fsp3) is 0.409. The molecule has 0 radical (unpaired) electrons. The van der Waals surface area contributed by atoms with Crippen LogP contribution in [0.25, 0.3) is 0 Å². The van der Waals surface area contributed by atoms with E-state index in [9.17, 15) is 14.7 Å². The molecule has 0 aliphatic carbocycles. The first kappa shape index (κ1) is 22.0. The van der Waals surface area contributed by atoms with Gasteiger partial charge < -0.3 is 9.63 Å². The molecule has 0 amide bonds. The Hall–Kier alpha value is -3.20. The molecule has 0 atom stereocenters. The molecule has 0 spiro atoms. The summed E-state index contributed by atoms with van der Waals surface area (Å²) >= 11 is 6.06. The molecule has 1 aliphatic rings. The van der Waals surface area contributed by atoms with E-state index in [0.29, 0.717) is 54.1 Å². The Morgan fingerprint density at radius 2 is 1.88 bits per heavy atom. The number of phenolic OH excluding ortho intramolecular Hbond substituents is 1. The lowest BCUT2D eigenvalue weighted by molar-refractivity contribution is 0.366. The van der Waals surface area contributed by atoms with Gasteiger partial charge >= 0.3 is 5.69 Å². The highest BCUT2D eigenvalue weighted by molar-refractivity contribution is 6.66. The topological polar surface area (TPSA) is 116 Å². The van der Waals surface area contributed by atoms with Crippen LogP contribution in [0.15, 0.2) is 43.4 Å². The number of hydrogen-bond donors (Lipinski definition) is 1. The van der Waals surface area contributed by atoms with E-state index in [0.717, 1.165) is 18.4 Å². The van der Waals surface area contributed by atoms with Crippen LogP contribution in [-0.2, 0) is 32.4 Å². The number of aromatic nitrogens is 4. The van der Waals surface area contributed by atoms with Crippen molar-refractivity contribution in [1.82, 2.24) is 19.3 Å². The number of unbranched alkanes of at least 4 members (excludes halogenated alkanes) is 1. The molecule has 168 valence electrons. The van der Waals surface area contributed by atoms with Gasteiger partial charge in [0.1, 0.15) is 16.7 Å². The maximum absolute atomic E-state index is 13.0. The number of aromatic hydroxyl groups is 1. The van der Waals surface area contributed by atoms with Crippen LogP contribution in [0.1, 0.15) is 49.0 Å². The molecule has 0 saturated carbocycles. The molecule has 9 nitrogen and oxygen atoms in total. The number of benzene rings is 1. The SMILES string of the molecule is CCCCn1c2c(c(=O)n(CCCc3nc(Cc4ccc(O)cc4)no3)c1=O)CC(Cl)=N2. The van der Waals surface area contributed by atoms with Crippen LogP contribution in [0.4, 0.5) is 5.82 Å². The Morgan fingerprint density at radius 1 is 1.12 bits per heavy atom. The van der Waals surface area contributed by atoms with E-state index in [1.54, 1.807) is 28.8 Å². The summed E-state index contributed by atoms with van der Waals surface area (Å²) in [4.78, 5) is 34.5. The average Bonchev–Trinajstić information content (AvgIpc) is 3.38. The first-order chi connectivity index (χ1) is 15.5. The molecule has 4 rings (SSSR count). The molecule has 0 unspecified atom stereocenters. The van der Waals surface area contributed by atoms with Crippen LogP contribution in [0.3, 0.4) is 0 Å². The minimum absolute atomic E-state index is 0.201. The summed E-state index contributed by atoms with van der Waals surface area (Å²) in [5, 5.41) is 13.7. The highest BCUT2D eigenvalue weighted by Crippen LogP contribution is 2.24. The molecular weight excluding hydrogens is 434 g/mol. The zero-order chi connectivity index (χ0) is 22.7. The van der Waals surface area contributed by atoms with E-state index in [2.05, 4.69) is 15.1 Å². The van der Waals surface area contributed by atoms with Crippen molar-refractivity contribution < 1.29 is 9.63 Å². The maximum Gasteiger partial charge on any atom is 0.332 e. The standard InChI is InChI=1S/C22H24ClN5O4/c1-2-3-10-27-20-16(13-17(23)24-20)21(30)28(22(27)31)11-4-5-19-25-18(26-32-19)12-14-6-8-15(29)9-7-14/h6-9,29H,2-5,10-13H2,1H3. The number of phenols is 1. The number of halogens is 1. The van der Waals surface area contributed by atoms with Gasteiger partial charge in [0.2, 0.25) is 5.89 Å². The zero-order valence-electron chi connectivity index (χ0n) is 17.8. The molecule has 3 aromatic rings. The molecule has 0 saturated heterocycles. The normalized spacial score (nSPS) is 12.8. The molecule has 0 bridgehead atoms. The fourth-order valence-electron chi connectivity index (χ4n) is 3.69. The smallest absolute Gasteiger partial charge is 0.332 e. The summed E-state index contributed by atoms with van der Waals surface area (Å²) in [7, 11) is 0. The second-order valence-corrected chi connectivity index (χ2v) is 8.20. The van der Waals surface area contributed by atoms with Crippen LogP contribution >= 0.6 is 11.6 Å². The van der Waals surface area contributed by atoms with Crippen molar-refractivity contribution in [3.05, 3.63) is 67.9 Å². The minimum Gasteiger partial charge on any atom is -0.508 e. The summed E-state index contributed by atoms with van der Waals surface area (Å²) in [5.41, 5.74) is 0.722. The summed E-state index contributed by atoms with van der Waals surface area (Å²) in [6.45, 7) is 2.78. The van der Waals surface area contributed by atoms with Crippen molar-refractivity contribution in [3.8, 4) is 5.75 Å². The van der Waals surface area contributed by atoms with Gasteiger partial charge in [-0.2, -0.15) is 4.98 Å². The summed E-state index contributed by atoms with van der Waals surface area (Å²) in [6.07, 6.45) is 3.41. The number of aliphatic imine (C=N–C) groups is 1. The summed E-state index contributed by atoms with van der Waals surface area (Å²) in [5.74, 6) is 1.58. The van der Waals surface area contributed by atoms with Crippen LogP contribution in [0.2, 0.25) is 0 Å². The minimum atomic E-state index is -0.365. The first-order valence-electron chi connectivity index (χ1n) is 10.6. The van der Waals surface area contributed by atoms with E-state index in [-0.39, 0.29) is 30.0 Å². The van der Waals surface area contributed by atoms with Gasteiger partial charge in [-0.15, -0.1) is 0 Å². The fourth-order valence-corrected chi connectivity index (χ4v) is 3.90. The molecule has 1 N–H and O–H groups in total. The Bertz CT molecular complexity index is 1260. The van der Waals surface area contributed by atoms with Gasteiger partial charge in [-0.1, -0.05) is 42.2 Å². The van der Waals surface area contributed by atoms with Crippen molar-refractivity contribution >= 4 is 22.6 Å². The van der Waals surface area contributed by atoms with E-state index >= 15 is 0 Å². The van der Waals surface area contributed by atoms with Crippen molar-refractivity contribution in [3.63, 3.8) is 0 Å². The Balaban J connectivity index is 1.45. The third kappa shape index (κ3) is 4.67. The second kappa shape index (κ2) is 9.52. The van der Waals surface area contributed by atoms with Gasteiger partial charge in [0.25, 0.3) is 5.56 Å². The van der Waals surface area contributed by atoms with E-state index in [1.807, 2.05) is 6.92 Å². The molecule has 0 fully saturated rings. The molecule has 32 heavy (non-hydrogen) atoms. The van der Waals surface area contributed by atoms with Crippen LogP contribution in [0, 0.1) is 0 Å². The van der Waals surface area contributed by atoms with Crippen LogP contribution < -0.4 is 11.2 Å². The molecule has 2 aromatic heterocycles. The van der Waals surface area contributed by atoms with E-state index in [1.165, 1.54) is 4.57 Å².